The second-order valence-electron chi connectivity index (χ2n) is 6.85. The van der Waals surface area contributed by atoms with E-state index in [1.165, 1.54) is 96.3 Å². The fourth-order valence-electron chi connectivity index (χ4n) is 3.12. The molecule has 0 heterocycles. The van der Waals surface area contributed by atoms with Crippen molar-refractivity contribution in [1.29, 1.82) is 0 Å². The van der Waals surface area contributed by atoms with E-state index in [0.717, 1.165) is 13.0 Å². The van der Waals surface area contributed by atoms with E-state index in [9.17, 15) is 0 Å². The summed E-state index contributed by atoms with van der Waals surface area (Å²) >= 11 is 0. The predicted molar refractivity (Wildman–Crippen MR) is 99.4 cm³/mol. The van der Waals surface area contributed by atoms with Crippen molar-refractivity contribution in [2.24, 2.45) is 0 Å². The van der Waals surface area contributed by atoms with E-state index in [1.807, 2.05) is 0 Å². The van der Waals surface area contributed by atoms with Crippen LogP contribution in [0.1, 0.15) is 103 Å². The number of quaternary nitrogens is 1. The third kappa shape index (κ3) is 20.2. The van der Waals surface area contributed by atoms with Crippen molar-refractivity contribution in [2.75, 3.05) is 20.8 Å². The Kier molecular flexibility index (Phi) is 25.5. The minimum absolute atomic E-state index is 0. The van der Waals surface area contributed by atoms with Crippen molar-refractivity contribution < 1.29 is 27.6 Å². The van der Waals surface area contributed by atoms with Crippen molar-refractivity contribution in [3.8, 4) is 0 Å². The Hall–Kier alpha value is 0.170. The van der Waals surface area contributed by atoms with E-state index in [-0.39, 0.29) is 18.7 Å². The molecule has 0 fully saturated rings. The second-order valence-corrected chi connectivity index (χ2v) is 6.85. The molecule has 0 amide bonds. The summed E-state index contributed by atoms with van der Waals surface area (Å²) in [6.07, 6.45) is 22.0. The monoisotopic (exact) mass is 365 g/mol. The molecule has 0 aliphatic carbocycles. The molecule has 0 aromatic rings. The molecule has 0 atom stereocenters. The quantitative estimate of drug-likeness (QED) is 0.281. The fourth-order valence-corrected chi connectivity index (χ4v) is 3.12. The van der Waals surface area contributed by atoms with Crippen LogP contribution in [0.3, 0.4) is 0 Å². The van der Waals surface area contributed by atoms with Crippen LogP contribution in [0.15, 0.2) is 0 Å². The average molecular weight is 366 g/mol. The average Bonchev–Trinajstić information content (AvgIpc) is 2.58. The molecule has 0 aromatic heterocycles. The van der Waals surface area contributed by atoms with Crippen molar-refractivity contribution >= 4 is 0 Å². The summed E-state index contributed by atoms with van der Waals surface area (Å²) in [5.74, 6) is 0. The molecule has 3 N–H and O–H groups in total. The molecular weight excluding hydrogens is 322 g/mol. The number of ether oxygens (including phenoxy) is 2. The maximum absolute atomic E-state index is 5.20. The van der Waals surface area contributed by atoms with E-state index in [0.29, 0.717) is 0 Å². The van der Waals surface area contributed by atoms with Gasteiger partial charge in [-0.2, -0.15) is 0 Å². The van der Waals surface area contributed by atoms with Crippen LogP contribution < -0.4 is 18.1 Å². The van der Waals surface area contributed by atoms with Gasteiger partial charge in [0.05, 0.1) is 6.54 Å². The van der Waals surface area contributed by atoms with Crippen LogP contribution >= 0.6 is 0 Å². The molecule has 0 saturated carbocycles. The normalized spacial score (nSPS) is 11.0. The topological polar surface area (TPSA) is 46.1 Å². The minimum Gasteiger partial charge on any atom is -1.00 e. The first kappa shape index (κ1) is 26.4. The zero-order valence-electron chi connectivity index (χ0n) is 16.5. The molecule has 0 aromatic carbocycles. The number of hydrogen-bond acceptors (Lipinski definition) is 2. The standard InChI is InChI=1S/C20H43NO2.ClH/c1-22-20(23-2)18-16-14-12-10-8-6-4-3-5-7-9-11-13-15-17-19-21;/h20H,3-19,21H2,1-2H3;1H. The molecular formula is C20H44ClNO2. The van der Waals surface area contributed by atoms with Crippen molar-refractivity contribution in [3.63, 3.8) is 0 Å². The van der Waals surface area contributed by atoms with Crippen LogP contribution in [-0.4, -0.2) is 27.1 Å². The highest BCUT2D eigenvalue weighted by atomic mass is 35.5. The maximum atomic E-state index is 5.20. The Labute approximate surface area is 157 Å². The number of halogens is 1. The fraction of sp³-hybridized carbons (Fsp3) is 1.00. The summed E-state index contributed by atoms with van der Waals surface area (Å²) in [7, 11) is 3.44. The van der Waals surface area contributed by atoms with E-state index in [2.05, 4.69) is 5.73 Å². The molecule has 3 nitrogen and oxygen atoms in total. The van der Waals surface area contributed by atoms with Crippen molar-refractivity contribution in [2.45, 2.75) is 109 Å². The summed E-state index contributed by atoms with van der Waals surface area (Å²) in [4.78, 5) is 0. The third-order valence-corrected chi connectivity index (χ3v) is 4.72. The number of rotatable bonds is 19. The summed E-state index contributed by atoms with van der Waals surface area (Å²) in [6.45, 7) is 1.11. The van der Waals surface area contributed by atoms with Crippen molar-refractivity contribution in [1.82, 2.24) is 0 Å². The molecule has 0 saturated heterocycles. The molecule has 24 heavy (non-hydrogen) atoms. The van der Waals surface area contributed by atoms with Gasteiger partial charge < -0.3 is 27.6 Å². The van der Waals surface area contributed by atoms with Crippen LogP contribution in [0.5, 0.6) is 0 Å². The summed E-state index contributed by atoms with van der Waals surface area (Å²) in [5.41, 5.74) is 3.89. The summed E-state index contributed by atoms with van der Waals surface area (Å²) in [5, 5.41) is 0. The highest BCUT2D eigenvalue weighted by Crippen LogP contribution is 2.14. The van der Waals surface area contributed by atoms with Gasteiger partial charge in [0, 0.05) is 14.2 Å². The first-order valence-electron chi connectivity index (χ1n) is 10.2. The van der Waals surface area contributed by atoms with Gasteiger partial charge in [0.15, 0.2) is 6.29 Å². The van der Waals surface area contributed by atoms with Gasteiger partial charge in [-0.05, 0) is 25.7 Å². The van der Waals surface area contributed by atoms with Gasteiger partial charge in [-0.15, -0.1) is 0 Å². The summed E-state index contributed by atoms with van der Waals surface area (Å²) < 4.78 is 10.4. The molecule has 0 aliphatic rings. The van der Waals surface area contributed by atoms with Crippen LogP contribution in [0, 0.1) is 0 Å². The van der Waals surface area contributed by atoms with Gasteiger partial charge in [0.1, 0.15) is 0 Å². The molecule has 0 radical (unpaired) electrons. The molecule has 0 spiro atoms. The second kappa shape index (κ2) is 23.2. The zero-order chi connectivity index (χ0) is 17.0. The Balaban J connectivity index is 0. The van der Waals surface area contributed by atoms with E-state index < -0.39 is 0 Å². The lowest BCUT2D eigenvalue weighted by Gasteiger charge is -2.12. The smallest absolute Gasteiger partial charge is 0.156 e. The SMILES string of the molecule is COC(CCCCCCCCCCCCCCCCC[NH3+])OC.[Cl-]. The molecule has 0 unspecified atom stereocenters. The zero-order valence-corrected chi connectivity index (χ0v) is 17.3. The van der Waals surface area contributed by atoms with Gasteiger partial charge in [-0.3, -0.25) is 0 Å². The lowest BCUT2D eigenvalue weighted by molar-refractivity contribution is -0.368. The number of hydrogen-bond donors (Lipinski definition) is 1. The van der Waals surface area contributed by atoms with Crippen molar-refractivity contribution in [3.05, 3.63) is 0 Å². The van der Waals surface area contributed by atoms with Crippen LogP contribution in [0.2, 0.25) is 0 Å². The summed E-state index contributed by atoms with van der Waals surface area (Å²) in [6, 6.07) is 0. The first-order valence-corrected chi connectivity index (χ1v) is 10.2. The van der Waals surface area contributed by atoms with E-state index in [4.69, 9.17) is 9.47 Å². The van der Waals surface area contributed by atoms with Gasteiger partial charge in [-0.1, -0.05) is 77.0 Å². The lowest BCUT2D eigenvalue weighted by Crippen LogP contribution is -3.00. The Morgan fingerprint density at radius 2 is 0.833 bits per heavy atom. The van der Waals surface area contributed by atoms with Crippen LogP contribution in [-0.2, 0) is 9.47 Å². The van der Waals surface area contributed by atoms with Gasteiger partial charge >= 0.3 is 0 Å². The largest absolute Gasteiger partial charge is 1.00 e. The van der Waals surface area contributed by atoms with Gasteiger partial charge in [0.2, 0.25) is 0 Å². The predicted octanol–water partition coefficient (Wildman–Crippen LogP) is 2.09. The Morgan fingerprint density at radius 3 is 1.12 bits per heavy atom. The molecule has 4 heteroatoms. The highest BCUT2D eigenvalue weighted by molar-refractivity contribution is 4.51. The minimum atomic E-state index is -0.00125. The van der Waals surface area contributed by atoms with E-state index >= 15 is 0 Å². The molecule has 0 rings (SSSR count). The van der Waals surface area contributed by atoms with E-state index in [1.54, 1.807) is 14.2 Å². The molecule has 0 aliphatic heterocycles. The van der Waals surface area contributed by atoms with Crippen LogP contribution in [0.25, 0.3) is 0 Å². The van der Waals surface area contributed by atoms with Gasteiger partial charge in [-0.25, -0.2) is 0 Å². The maximum Gasteiger partial charge on any atom is 0.156 e. The lowest BCUT2D eigenvalue weighted by atomic mass is 10.0. The first-order chi connectivity index (χ1) is 11.3. The molecule has 148 valence electrons. The number of methoxy groups -OCH3 is 2. The number of unbranched alkanes of at least 4 members (excludes halogenated alkanes) is 14. The van der Waals surface area contributed by atoms with Crippen LogP contribution in [0.4, 0.5) is 0 Å². The molecule has 0 bridgehead atoms. The Morgan fingerprint density at radius 1 is 0.542 bits per heavy atom. The Bertz CT molecular complexity index is 214. The van der Waals surface area contributed by atoms with Gasteiger partial charge in [0.25, 0.3) is 0 Å². The highest BCUT2D eigenvalue weighted by Gasteiger charge is 2.03. The third-order valence-electron chi connectivity index (χ3n) is 4.72.